The summed E-state index contributed by atoms with van der Waals surface area (Å²) in [6.45, 7) is 10.5. The van der Waals surface area contributed by atoms with Crippen molar-refractivity contribution in [1.82, 2.24) is 31.6 Å². The summed E-state index contributed by atoms with van der Waals surface area (Å²) in [4.78, 5) is 114. The maximum Gasteiger partial charge on any atom is 0.407 e. The zero-order valence-corrected chi connectivity index (χ0v) is 36.9. The number of carbonyl (C=O) groups is 9. The van der Waals surface area contributed by atoms with E-state index in [0.717, 1.165) is 6.42 Å². The highest BCUT2D eigenvalue weighted by molar-refractivity contribution is 6.01. The van der Waals surface area contributed by atoms with Crippen molar-refractivity contribution in [3.05, 3.63) is 29.8 Å². The fourth-order valence-electron chi connectivity index (χ4n) is 5.23. The van der Waals surface area contributed by atoms with Gasteiger partial charge in [-0.25, -0.2) is 14.4 Å². The topological polar surface area (TPSA) is 301 Å². The minimum absolute atomic E-state index is 0.0196. The lowest BCUT2D eigenvalue weighted by Crippen LogP contribution is -2.49. The molecule has 0 saturated carbocycles. The van der Waals surface area contributed by atoms with Crippen molar-refractivity contribution >= 4 is 59.2 Å². The van der Waals surface area contributed by atoms with E-state index in [9.17, 15) is 43.2 Å². The summed E-state index contributed by atoms with van der Waals surface area (Å²) in [7, 11) is 0. The Bertz CT molecular complexity index is 1690. The first-order chi connectivity index (χ1) is 29.8. The second kappa shape index (κ2) is 27.9. The number of rotatable bonds is 30. The predicted octanol–water partition coefficient (Wildman–Crippen LogP) is 0.917. The van der Waals surface area contributed by atoms with Crippen molar-refractivity contribution in [3.63, 3.8) is 0 Å². The average Bonchev–Trinajstić information content (AvgIpc) is 3.55. The number of ether oxygens (including phenoxy) is 4. The molecule has 1 saturated heterocycles. The number of urea groups is 1. The number of carbonyl (C=O) groups excluding carboxylic acids is 9. The smallest absolute Gasteiger partial charge is 0.407 e. The number of primary amides is 1. The Labute approximate surface area is 367 Å². The number of nitrogens with one attached hydrogen (secondary N) is 6. The number of nitrogens with two attached hydrogens (primary N) is 1. The van der Waals surface area contributed by atoms with E-state index >= 15 is 0 Å². The third-order valence-electron chi connectivity index (χ3n) is 9.68. The van der Waals surface area contributed by atoms with Crippen molar-refractivity contribution in [2.24, 2.45) is 16.6 Å². The maximum absolute atomic E-state index is 13.3. The van der Waals surface area contributed by atoms with Crippen LogP contribution in [-0.4, -0.2) is 130 Å². The SMILES string of the molecule is CCC(C)(C)C(=O)NCCOCCOCCNC(=O)OCc1ccc(NC(=O)[C@@H](CCCNC(N)=O)NC(=O)CNC(=O)C(C)(C)CCOCCC(=O)ON2C(=O)CCC2=O)cc1. The molecule has 1 fully saturated rings. The fraction of sp³-hybridized carbons (Fsp3) is 0.634. The summed E-state index contributed by atoms with van der Waals surface area (Å²) in [6.07, 6.45) is 0.435. The van der Waals surface area contributed by atoms with Crippen LogP contribution in [0, 0.1) is 10.8 Å². The van der Waals surface area contributed by atoms with Gasteiger partial charge in [0.15, 0.2) is 0 Å². The van der Waals surface area contributed by atoms with Crippen molar-refractivity contribution in [3.8, 4) is 0 Å². The third kappa shape index (κ3) is 21.7. The predicted molar refractivity (Wildman–Crippen MR) is 225 cm³/mol. The molecule has 22 nitrogen and oxygen atoms in total. The van der Waals surface area contributed by atoms with Gasteiger partial charge in [-0.3, -0.25) is 28.8 Å². The summed E-state index contributed by atoms with van der Waals surface area (Å²) in [5.41, 5.74) is 4.74. The van der Waals surface area contributed by atoms with Gasteiger partial charge in [-0.05, 0) is 43.4 Å². The lowest BCUT2D eigenvalue weighted by molar-refractivity contribution is -0.198. The van der Waals surface area contributed by atoms with Gasteiger partial charge in [0.05, 0.1) is 46.0 Å². The first-order valence-corrected chi connectivity index (χ1v) is 20.8. The second-order valence-corrected chi connectivity index (χ2v) is 15.7. The van der Waals surface area contributed by atoms with E-state index in [1.807, 2.05) is 20.8 Å². The van der Waals surface area contributed by atoms with E-state index < -0.39 is 71.0 Å². The number of anilines is 1. The number of hydrogen-bond acceptors (Lipinski definition) is 14. The highest BCUT2D eigenvalue weighted by atomic mass is 16.7. The van der Waals surface area contributed by atoms with Crippen LogP contribution in [0.5, 0.6) is 0 Å². The number of imide groups is 1. The number of hydroxylamine groups is 2. The van der Waals surface area contributed by atoms with Gasteiger partial charge in [-0.2, -0.15) is 0 Å². The molecule has 0 aliphatic carbocycles. The highest BCUT2D eigenvalue weighted by Gasteiger charge is 2.33. The fourth-order valence-corrected chi connectivity index (χ4v) is 5.23. The Morgan fingerprint density at radius 3 is 1.97 bits per heavy atom. The Hall–Kier alpha value is -5.87. The highest BCUT2D eigenvalue weighted by Crippen LogP contribution is 2.21. The van der Waals surface area contributed by atoms with Crippen LogP contribution < -0.4 is 37.6 Å². The van der Waals surface area contributed by atoms with E-state index in [2.05, 4.69) is 31.9 Å². The monoisotopic (exact) mass is 892 g/mol. The zero-order chi connectivity index (χ0) is 46.8. The molecule has 22 heteroatoms. The van der Waals surface area contributed by atoms with Gasteiger partial charge in [-0.1, -0.05) is 46.8 Å². The van der Waals surface area contributed by atoms with Crippen molar-refractivity contribution in [1.29, 1.82) is 0 Å². The van der Waals surface area contributed by atoms with Crippen LogP contribution in [0.25, 0.3) is 0 Å². The summed E-state index contributed by atoms with van der Waals surface area (Å²) >= 11 is 0. The molecule has 8 N–H and O–H groups in total. The van der Waals surface area contributed by atoms with Crippen LogP contribution >= 0.6 is 0 Å². The van der Waals surface area contributed by atoms with Crippen molar-refractivity contribution in [2.45, 2.75) is 92.2 Å². The molecule has 1 heterocycles. The Morgan fingerprint density at radius 2 is 1.35 bits per heavy atom. The van der Waals surface area contributed by atoms with E-state index in [4.69, 9.17) is 29.5 Å². The van der Waals surface area contributed by atoms with Crippen LogP contribution in [0.1, 0.15) is 85.1 Å². The molecule has 0 spiro atoms. The minimum atomic E-state index is -1.06. The summed E-state index contributed by atoms with van der Waals surface area (Å²) in [6, 6.07) is 4.67. The van der Waals surface area contributed by atoms with Crippen LogP contribution in [-0.2, 0) is 64.0 Å². The lowest BCUT2D eigenvalue weighted by Gasteiger charge is -2.24. The molecule has 0 aromatic heterocycles. The van der Waals surface area contributed by atoms with Gasteiger partial charge in [0, 0.05) is 55.6 Å². The molecule has 1 aromatic carbocycles. The first-order valence-electron chi connectivity index (χ1n) is 20.8. The molecule has 1 atom stereocenters. The number of alkyl carbamates (subject to hydrolysis) is 1. The van der Waals surface area contributed by atoms with E-state index in [1.165, 1.54) is 0 Å². The summed E-state index contributed by atoms with van der Waals surface area (Å²) < 4.78 is 21.5. The quantitative estimate of drug-likeness (QED) is 0.0418. The average molecular weight is 893 g/mol. The number of benzene rings is 1. The molecule has 63 heavy (non-hydrogen) atoms. The van der Waals surface area contributed by atoms with Crippen LogP contribution in [0.2, 0.25) is 0 Å². The lowest BCUT2D eigenvalue weighted by atomic mass is 9.88. The van der Waals surface area contributed by atoms with Gasteiger partial charge in [-0.15, -0.1) is 5.06 Å². The van der Waals surface area contributed by atoms with Gasteiger partial charge in [0.2, 0.25) is 23.6 Å². The molecule has 9 amide bonds. The number of amides is 9. The zero-order valence-electron chi connectivity index (χ0n) is 36.9. The van der Waals surface area contributed by atoms with Crippen LogP contribution in [0.3, 0.4) is 0 Å². The van der Waals surface area contributed by atoms with Gasteiger partial charge in [0.1, 0.15) is 12.6 Å². The Balaban J connectivity index is 1.71. The third-order valence-corrected chi connectivity index (χ3v) is 9.68. The van der Waals surface area contributed by atoms with E-state index in [0.29, 0.717) is 42.7 Å². The molecule has 1 aromatic rings. The molecule has 1 aliphatic heterocycles. The molecule has 1 aliphatic rings. The van der Waals surface area contributed by atoms with Gasteiger partial charge in [0.25, 0.3) is 11.8 Å². The Morgan fingerprint density at radius 1 is 0.746 bits per heavy atom. The number of hydrogen-bond donors (Lipinski definition) is 7. The van der Waals surface area contributed by atoms with Crippen molar-refractivity contribution in [2.75, 3.05) is 71.1 Å². The molecule has 352 valence electrons. The van der Waals surface area contributed by atoms with Crippen molar-refractivity contribution < 1.29 is 66.9 Å². The number of nitrogens with zero attached hydrogens (tertiary/aromatic N) is 1. The Kier molecular flexibility index (Phi) is 23.6. The standard InChI is InChI=1S/C41H64N8O14/c1-6-40(2,3)36(55)43-18-22-60-24-25-61-23-19-45-39(58)62-27-28-9-11-29(12-10-28)47-35(54)30(8-7-17-44-38(42)57)48-31(50)26-46-37(56)41(4,5)16-21-59-20-15-34(53)63-49-32(51)13-14-33(49)52/h9-12,30H,6-8,13-27H2,1-5H3,(H,43,55)(H,45,58)(H,46,56)(H,47,54)(H,48,50)(H3,42,44,57)/t30-/m1/s1. The molecule has 0 bridgehead atoms. The minimum Gasteiger partial charge on any atom is -0.445 e. The molecule has 2 rings (SSSR count). The molecule has 0 radical (unpaired) electrons. The largest absolute Gasteiger partial charge is 0.445 e. The summed E-state index contributed by atoms with van der Waals surface area (Å²) in [5.74, 6) is -3.70. The maximum atomic E-state index is 13.3. The second-order valence-electron chi connectivity index (χ2n) is 15.7. The van der Waals surface area contributed by atoms with E-state index in [1.54, 1.807) is 38.1 Å². The first kappa shape index (κ1) is 53.3. The van der Waals surface area contributed by atoms with Crippen LogP contribution in [0.15, 0.2) is 24.3 Å². The van der Waals surface area contributed by atoms with Crippen LogP contribution in [0.4, 0.5) is 15.3 Å². The molecular weight excluding hydrogens is 828 g/mol. The van der Waals surface area contributed by atoms with Gasteiger partial charge < -0.3 is 61.4 Å². The molecule has 0 unspecified atom stereocenters. The normalized spacial score (nSPS) is 13.1. The molecular formula is C41H64N8O14. The van der Waals surface area contributed by atoms with E-state index in [-0.39, 0.29) is 83.9 Å². The summed E-state index contributed by atoms with van der Waals surface area (Å²) in [5, 5.41) is 16.2. The van der Waals surface area contributed by atoms with Gasteiger partial charge >= 0.3 is 18.1 Å².